The van der Waals surface area contributed by atoms with Gasteiger partial charge in [-0.15, -0.1) is 0 Å². The van der Waals surface area contributed by atoms with Crippen LogP contribution in [0.15, 0.2) is 42.5 Å². The van der Waals surface area contributed by atoms with Gasteiger partial charge in [-0.05, 0) is 36.6 Å². The summed E-state index contributed by atoms with van der Waals surface area (Å²) >= 11 is 0. The second-order valence-corrected chi connectivity index (χ2v) is 5.96. The third-order valence-electron chi connectivity index (χ3n) is 4.33. The van der Waals surface area contributed by atoms with Crippen LogP contribution in [-0.2, 0) is 16.0 Å². The fourth-order valence-corrected chi connectivity index (χ4v) is 3.01. The van der Waals surface area contributed by atoms with E-state index in [0.29, 0.717) is 18.0 Å². The SMILES string of the molecule is COc1cc(OC)cc(C(=O)OCC(=O)N2CCCc3ccccc32)c1. The lowest BCUT2D eigenvalue weighted by atomic mass is 10.0. The minimum absolute atomic E-state index is 0.236. The first-order valence-electron chi connectivity index (χ1n) is 8.41. The molecule has 0 saturated heterocycles. The van der Waals surface area contributed by atoms with Crippen LogP contribution in [0.5, 0.6) is 11.5 Å². The zero-order chi connectivity index (χ0) is 18.5. The van der Waals surface area contributed by atoms with Crippen molar-refractivity contribution in [3.8, 4) is 11.5 Å². The lowest BCUT2D eigenvalue weighted by Crippen LogP contribution is -2.38. The molecule has 0 fully saturated rings. The van der Waals surface area contributed by atoms with Crippen molar-refractivity contribution in [2.75, 3.05) is 32.3 Å². The van der Waals surface area contributed by atoms with Gasteiger partial charge in [-0.2, -0.15) is 0 Å². The average molecular weight is 355 g/mol. The van der Waals surface area contributed by atoms with Crippen LogP contribution in [0.2, 0.25) is 0 Å². The standard InChI is InChI=1S/C20H21NO5/c1-24-16-10-15(11-17(12-16)25-2)20(23)26-13-19(22)21-9-5-7-14-6-3-4-8-18(14)21/h3-4,6,8,10-12H,5,7,9,13H2,1-2H3. The van der Waals surface area contributed by atoms with E-state index in [4.69, 9.17) is 14.2 Å². The first kappa shape index (κ1) is 17.8. The minimum Gasteiger partial charge on any atom is -0.497 e. The monoisotopic (exact) mass is 355 g/mol. The fraction of sp³-hybridized carbons (Fsp3) is 0.300. The Morgan fingerprint density at radius 3 is 2.42 bits per heavy atom. The Kier molecular flexibility index (Phi) is 5.41. The number of carbonyl (C=O) groups excluding carboxylic acids is 2. The van der Waals surface area contributed by atoms with Gasteiger partial charge in [-0.1, -0.05) is 18.2 Å². The number of benzene rings is 2. The number of esters is 1. The number of nitrogens with zero attached hydrogens (tertiary/aromatic N) is 1. The van der Waals surface area contributed by atoms with Crippen LogP contribution in [0, 0.1) is 0 Å². The number of rotatable bonds is 5. The molecule has 1 aliphatic rings. The molecule has 0 spiro atoms. The highest BCUT2D eigenvalue weighted by Crippen LogP contribution is 2.27. The van der Waals surface area contributed by atoms with Gasteiger partial charge in [0.05, 0.1) is 19.8 Å². The van der Waals surface area contributed by atoms with Gasteiger partial charge in [-0.25, -0.2) is 4.79 Å². The first-order valence-corrected chi connectivity index (χ1v) is 8.41. The van der Waals surface area contributed by atoms with E-state index in [-0.39, 0.29) is 18.1 Å². The predicted molar refractivity (Wildman–Crippen MR) is 96.9 cm³/mol. The summed E-state index contributed by atoms with van der Waals surface area (Å²) in [6, 6.07) is 12.6. The third-order valence-corrected chi connectivity index (χ3v) is 4.33. The quantitative estimate of drug-likeness (QED) is 0.772. The van der Waals surface area contributed by atoms with Gasteiger partial charge in [0.25, 0.3) is 5.91 Å². The summed E-state index contributed by atoms with van der Waals surface area (Å²) in [5.41, 5.74) is 2.30. The van der Waals surface area contributed by atoms with Crippen molar-refractivity contribution in [1.82, 2.24) is 0 Å². The number of hydrogen-bond acceptors (Lipinski definition) is 5. The summed E-state index contributed by atoms with van der Waals surface area (Å²) in [6.45, 7) is 0.313. The summed E-state index contributed by atoms with van der Waals surface area (Å²) in [7, 11) is 3.00. The van der Waals surface area contributed by atoms with Crippen LogP contribution in [-0.4, -0.2) is 39.2 Å². The van der Waals surface area contributed by atoms with Crippen molar-refractivity contribution < 1.29 is 23.8 Å². The van der Waals surface area contributed by atoms with Gasteiger partial charge in [-0.3, -0.25) is 4.79 Å². The van der Waals surface area contributed by atoms with E-state index < -0.39 is 5.97 Å². The van der Waals surface area contributed by atoms with Gasteiger partial charge in [0.1, 0.15) is 11.5 Å². The number of hydrogen-bond donors (Lipinski definition) is 0. The van der Waals surface area contributed by atoms with E-state index in [1.807, 2.05) is 24.3 Å². The highest BCUT2D eigenvalue weighted by atomic mass is 16.5. The van der Waals surface area contributed by atoms with E-state index in [0.717, 1.165) is 24.1 Å². The third kappa shape index (κ3) is 3.79. The predicted octanol–water partition coefficient (Wildman–Crippen LogP) is 2.84. The summed E-state index contributed by atoms with van der Waals surface area (Å²) in [5, 5.41) is 0. The molecule has 0 N–H and O–H groups in total. The molecular formula is C20H21NO5. The Morgan fingerprint density at radius 2 is 1.73 bits per heavy atom. The van der Waals surface area contributed by atoms with Gasteiger partial charge in [0.15, 0.2) is 6.61 Å². The number of carbonyl (C=O) groups is 2. The molecule has 6 nitrogen and oxygen atoms in total. The van der Waals surface area contributed by atoms with Crippen LogP contribution >= 0.6 is 0 Å². The molecule has 2 aromatic rings. The maximum atomic E-state index is 12.5. The smallest absolute Gasteiger partial charge is 0.338 e. The van der Waals surface area contributed by atoms with E-state index in [9.17, 15) is 9.59 Å². The number of methoxy groups -OCH3 is 2. The van der Waals surface area contributed by atoms with E-state index in [2.05, 4.69) is 0 Å². The Morgan fingerprint density at radius 1 is 1.04 bits per heavy atom. The van der Waals surface area contributed by atoms with Crippen molar-refractivity contribution in [1.29, 1.82) is 0 Å². The molecule has 0 atom stereocenters. The van der Waals surface area contributed by atoms with Gasteiger partial charge >= 0.3 is 5.97 Å². The molecule has 0 aliphatic carbocycles. The maximum absolute atomic E-state index is 12.5. The molecule has 1 amide bonds. The number of aryl methyl sites for hydroxylation is 1. The van der Waals surface area contributed by atoms with Crippen molar-refractivity contribution in [2.24, 2.45) is 0 Å². The normalized spacial score (nSPS) is 12.9. The van der Waals surface area contributed by atoms with Crippen LogP contribution in [0.25, 0.3) is 0 Å². The lowest BCUT2D eigenvalue weighted by Gasteiger charge is -2.29. The number of fused-ring (bicyclic) bond motifs is 1. The first-order chi connectivity index (χ1) is 12.6. The molecule has 0 radical (unpaired) electrons. The van der Waals surface area contributed by atoms with Gasteiger partial charge < -0.3 is 19.1 Å². The van der Waals surface area contributed by atoms with Gasteiger partial charge in [0, 0.05) is 18.3 Å². The van der Waals surface area contributed by atoms with Crippen LogP contribution in [0.1, 0.15) is 22.3 Å². The number of ether oxygens (including phenoxy) is 3. The second kappa shape index (κ2) is 7.91. The zero-order valence-corrected chi connectivity index (χ0v) is 14.9. The summed E-state index contributed by atoms with van der Waals surface area (Å²) in [5.74, 6) is 0.126. The van der Waals surface area contributed by atoms with Crippen molar-refractivity contribution >= 4 is 17.6 Å². The molecule has 136 valence electrons. The van der Waals surface area contributed by atoms with Crippen molar-refractivity contribution in [2.45, 2.75) is 12.8 Å². The molecule has 6 heteroatoms. The Bertz CT molecular complexity index is 795. The molecule has 2 aromatic carbocycles. The number of para-hydroxylation sites is 1. The topological polar surface area (TPSA) is 65.1 Å². The van der Waals surface area contributed by atoms with Crippen molar-refractivity contribution in [3.05, 3.63) is 53.6 Å². The lowest BCUT2D eigenvalue weighted by molar-refractivity contribution is -0.121. The fourth-order valence-electron chi connectivity index (χ4n) is 3.01. The molecule has 0 aromatic heterocycles. The molecule has 1 heterocycles. The molecular weight excluding hydrogens is 334 g/mol. The molecule has 0 saturated carbocycles. The second-order valence-electron chi connectivity index (χ2n) is 5.96. The van der Waals surface area contributed by atoms with E-state index in [1.165, 1.54) is 14.2 Å². The molecule has 1 aliphatic heterocycles. The van der Waals surface area contributed by atoms with Crippen molar-refractivity contribution in [3.63, 3.8) is 0 Å². The summed E-state index contributed by atoms with van der Waals surface area (Å²) < 4.78 is 15.5. The Balaban J connectivity index is 1.68. The largest absolute Gasteiger partial charge is 0.497 e. The zero-order valence-electron chi connectivity index (χ0n) is 14.9. The summed E-state index contributed by atoms with van der Waals surface area (Å²) in [6.07, 6.45) is 1.84. The van der Waals surface area contributed by atoms with E-state index in [1.54, 1.807) is 23.1 Å². The molecule has 0 bridgehead atoms. The summed E-state index contributed by atoms with van der Waals surface area (Å²) in [4.78, 5) is 26.5. The highest BCUT2D eigenvalue weighted by Gasteiger charge is 2.23. The average Bonchev–Trinajstić information content (AvgIpc) is 2.70. The van der Waals surface area contributed by atoms with Gasteiger partial charge in [0.2, 0.25) is 0 Å². The molecule has 3 rings (SSSR count). The Hall–Kier alpha value is -3.02. The van der Waals surface area contributed by atoms with Crippen LogP contribution < -0.4 is 14.4 Å². The minimum atomic E-state index is -0.596. The van der Waals surface area contributed by atoms with Crippen LogP contribution in [0.3, 0.4) is 0 Å². The maximum Gasteiger partial charge on any atom is 0.338 e. The number of amides is 1. The van der Waals surface area contributed by atoms with E-state index >= 15 is 0 Å². The van der Waals surface area contributed by atoms with Crippen LogP contribution in [0.4, 0.5) is 5.69 Å². The highest BCUT2D eigenvalue weighted by molar-refractivity contribution is 5.98. The number of anilines is 1. The molecule has 0 unspecified atom stereocenters. The Labute approximate surface area is 152 Å². The molecule has 26 heavy (non-hydrogen) atoms.